The Morgan fingerprint density at radius 1 is 1.18 bits per heavy atom. The molecular formula is C23H26N2O3. The molecule has 2 N–H and O–H groups in total. The van der Waals surface area contributed by atoms with E-state index in [1.54, 1.807) is 12.1 Å². The Hall–Kier alpha value is -2.66. The number of carbonyl (C=O) groups is 2. The third kappa shape index (κ3) is 3.00. The van der Waals surface area contributed by atoms with E-state index >= 15 is 0 Å². The number of hydrogen-bond donors (Lipinski definition) is 2. The number of carbonyl (C=O) groups excluding carboxylic acids is 2. The maximum Gasteiger partial charge on any atom is 0.163 e. The summed E-state index contributed by atoms with van der Waals surface area (Å²) < 4.78 is 2.21. The third-order valence-corrected chi connectivity index (χ3v) is 5.70. The number of hydrogen-bond acceptors (Lipinski definition) is 4. The molecule has 0 spiro atoms. The van der Waals surface area contributed by atoms with Crippen LogP contribution in [0.2, 0.25) is 0 Å². The van der Waals surface area contributed by atoms with Crippen LogP contribution < -0.4 is 5.32 Å². The summed E-state index contributed by atoms with van der Waals surface area (Å²) in [6.07, 6.45) is 3.35. The number of phenols is 1. The van der Waals surface area contributed by atoms with E-state index in [1.807, 2.05) is 12.1 Å². The van der Waals surface area contributed by atoms with Crippen LogP contribution in [0, 0.1) is 0 Å². The van der Waals surface area contributed by atoms with Crippen molar-refractivity contribution in [2.45, 2.75) is 46.1 Å². The quantitative estimate of drug-likeness (QED) is 0.477. The van der Waals surface area contributed by atoms with Crippen molar-refractivity contribution in [3.63, 3.8) is 0 Å². The van der Waals surface area contributed by atoms with E-state index < -0.39 is 0 Å². The second-order valence-electron chi connectivity index (χ2n) is 7.61. The van der Waals surface area contributed by atoms with Gasteiger partial charge in [0.25, 0.3) is 0 Å². The lowest BCUT2D eigenvalue weighted by atomic mass is 10.0. The van der Waals surface area contributed by atoms with Crippen LogP contribution in [0.5, 0.6) is 5.75 Å². The monoisotopic (exact) mass is 378 g/mol. The summed E-state index contributed by atoms with van der Waals surface area (Å²) in [4.78, 5) is 24.2. The van der Waals surface area contributed by atoms with E-state index in [-0.39, 0.29) is 17.3 Å². The summed E-state index contributed by atoms with van der Waals surface area (Å²) in [5.41, 5.74) is 4.20. The maximum atomic E-state index is 12.2. The second-order valence-corrected chi connectivity index (χ2v) is 7.61. The summed E-state index contributed by atoms with van der Waals surface area (Å²) in [5, 5.41) is 15.8. The maximum absolute atomic E-state index is 12.2. The highest BCUT2D eigenvalue weighted by atomic mass is 16.3. The lowest BCUT2D eigenvalue weighted by molar-refractivity contribution is 0.0991. The van der Waals surface area contributed by atoms with Crippen molar-refractivity contribution in [3.05, 3.63) is 41.0 Å². The van der Waals surface area contributed by atoms with Crippen molar-refractivity contribution >= 4 is 33.4 Å². The van der Waals surface area contributed by atoms with Crippen LogP contribution in [0.3, 0.4) is 0 Å². The Morgan fingerprint density at radius 2 is 2.00 bits per heavy atom. The summed E-state index contributed by atoms with van der Waals surface area (Å²) in [7, 11) is 0. The zero-order valence-corrected chi connectivity index (χ0v) is 16.5. The largest absolute Gasteiger partial charge is 0.507 e. The van der Waals surface area contributed by atoms with Gasteiger partial charge >= 0.3 is 0 Å². The van der Waals surface area contributed by atoms with E-state index in [9.17, 15) is 14.7 Å². The van der Waals surface area contributed by atoms with Gasteiger partial charge in [-0.1, -0.05) is 6.92 Å². The van der Waals surface area contributed by atoms with Crippen LogP contribution in [0.15, 0.2) is 24.3 Å². The number of aromatic nitrogens is 1. The van der Waals surface area contributed by atoms with Gasteiger partial charge in [-0.25, -0.2) is 0 Å². The van der Waals surface area contributed by atoms with Crippen molar-refractivity contribution in [3.8, 4) is 5.75 Å². The number of nitrogens with zero attached hydrogens (tertiary/aromatic N) is 1. The van der Waals surface area contributed by atoms with Crippen molar-refractivity contribution in [1.29, 1.82) is 0 Å². The van der Waals surface area contributed by atoms with E-state index in [2.05, 4.69) is 16.8 Å². The fraction of sp³-hybridized carbons (Fsp3) is 0.391. The molecule has 0 saturated heterocycles. The Bertz CT molecular complexity index is 1090. The van der Waals surface area contributed by atoms with Gasteiger partial charge in [-0.15, -0.1) is 0 Å². The van der Waals surface area contributed by atoms with Crippen LogP contribution in [-0.4, -0.2) is 34.3 Å². The summed E-state index contributed by atoms with van der Waals surface area (Å²) in [5.74, 6) is 0.0424. The molecule has 3 aromatic rings. The predicted octanol–water partition coefficient (Wildman–Crippen LogP) is 4.22. The molecule has 5 nitrogen and oxygen atoms in total. The standard InChI is InChI=1S/C23H26N2O3/c1-3-9-24-10-4-11-25-19-7-5-15-16(6-8-21(15)27)23(19)18-12-17(14(2)26)22(28)13-20(18)25/h5,7,12-13,24,28H,3-4,6,8-11H2,1-2H3. The number of aryl methyl sites for hydroxylation is 2. The first-order chi connectivity index (χ1) is 13.5. The highest BCUT2D eigenvalue weighted by molar-refractivity contribution is 6.16. The molecule has 0 aliphatic heterocycles. The zero-order chi connectivity index (χ0) is 19.8. The average Bonchev–Trinajstić information content (AvgIpc) is 3.19. The molecule has 28 heavy (non-hydrogen) atoms. The molecule has 0 fully saturated rings. The van der Waals surface area contributed by atoms with Crippen LogP contribution in [0.25, 0.3) is 21.8 Å². The van der Waals surface area contributed by atoms with Gasteiger partial charge in [-0.05, 0) is 63.0 Å². The van der Waals surface area contributed by atoms with Crippen molar-refractivity contribution in [1.82, 2.24) is 9.88 Å². The predicted molar refractivity (Wildman–Crippen MR) is 112 cm³/mol. The molecule has 0 amide bonds. The summed E-state index contributed by atoms with van der Waals surface area (Å²) in [6.45, 7) is 6.36. The van der Waals surface area contributed by atoms with Gasteiger partial charge in [0.05, 0.1) is 11.1 Å². The molecule has 0 bridgehead atoms. The van der Waals surface area contributed by atoms with Gasteiger partial charge < -0.3 is 15.0 Å². The average molecular weight is 378 g/mol. The summed E-state index contributed by atoms with van der Waals surface area (Å²) >= 11 is 0. The molecule has 1 aromatic heterocycles. The molecule has 4 rings (SSSR count). The lowest BCUT2D eigenvalue weighted by Gasteiger charge is -2.09. The highest BCUT2D eigenvalue weighted by Crippen LogP contribution is 2.39. The van der Waals surface area contributed by atoms with Gasteiger partial charge in [-0.2, -0.15) is 0 Å². The van der Waals surface area contributed by atoms with Crippen LogP contribution in [0.4, 0.5) is 0 Å². The Balaban J connectivity index is 1.90. The van der Waals surface area contributed by atoms with Crippen molar-refractivity contribution in [2.24, 2.45) is 0 Å². The van der Waals surface area contributed by atoms with E-state index in [0.29, 0.717) is 12.0 Å². The molecule has 0 radical (unpaired) electrons. The Morgan fingerprint density at radius 3 is 2.75 bits per heavy atom. The molecule has 0 atom stereocenters. The van der Waals surface area contributed by atoms with E-state index in [0.717, 1.165) is 71.8 Å². The highest BCUT2D eigenvalue weighted by Gasteiger charge is 2.25. The van der Waals surface area contributed by atoms with Gasteiger partial charge in [0.15, 0.2) is 11.6 Å². The van der Waals surface area contributed by atoms with Gasteiger partial charge in [0.1, 0.15) is 5.75 Å². The lowest BCUT2D eigenvalue weighted by Crippen LogP contribution is -2.17. The molecule has 0 saturated carbocycles. The first kappa shape index (κ1) is 18.7. The van der Waals surface area contributed by atoms with E-state index in [1.165, 1.54) is 6.92 Å². The second kappa shape index (κ2) is 7.40. The van der Waals surface area contributed by atoms with Crippen LogP contribution in [-0.2, 0) is 13.0 Å². The molecule has 1 heterocycles. The Labute approximate surface area is 164 Å². The molecule has 146 valence electrons. The number of phenolic OH excluding ortho intramolecular Hbond substituents is 1. The smallest absolute Gasteiger partial charge is 0.163 e. The first-order valence-corrected chi connectivity index (χ1v) is 10.1. The molecule has 5 heteroatoms. The molecule has 1 aliphatic rings. The number of nitrogens with one attached hydrogen (secondary N) is 1. The number of ketones is 2. The van der Waals surface area contributed by atoms with E-state index in [4.69, 9.17) is 0 Å². The number of Topliss-reactive ketones (excluding diaryl/α,β-unsaturated/α-hetero) is 2. The fourth-order valence-electron chi connectivity index (χ4n) is 4.37. The van der Waals surface area contributed by atoms with Crippen LogP contribution >= 0.6 is 0 Å². The number of aromatic hydroxyl groups is 1. The number of benzene rings is 2. The van der Waals surface area contributed by atoms with Crippen molar-refractivity contribution < 1.29 is 14.7 Å². The zero-order valence-electron chi connectivity index (χ0n) is 16.5. The minimum Gasteiger partial charge on any atom is -0.507 e. The number of rotatable bonds is 7. The van der Waals surface area contributed by atoms with Crippen molar-refractivity contribution in [2.75, 3.05) is 13.1 Å². The Kier molecular flexibility index (Phi) is 4.94. The number of fused-ring (bicyclic) bond motifs is 5. The normalized spacial score (nSPS) is 13.6. The minimum atomic E-state index is -0.160. The van der Waals surface area contributed by atoms with Gasteiger partial charge in [0, 0.05) is 40.9 Å². The minimum absolute atomic E-state index is 0.0147. The SMILES string of the molecule is CCCNCCCn1c2cc(O)c(C(C)=O)cc2c2c3c(ccc21)C(=O)CC3. The summed E-state index contributed by atoms with van der Waals surface area (Å²) in [6, 6.07) is 7.45. The van der Waals surface area contributed by atoms with Crippen LogP contribution in [0.1, 0.15) is 59.4 Å². The third-order valence-electron chi connectivity index (χ3n) is 5.70. The fourth-order valence-corrected chi connectivity index (χ4v) is 4.37. The molecule has 0 unspecified atom stereocenters. The van der Waals surface area contributed by atoms with Gasteiger partial charge in [-0.3, -0.25) is 9.59 Å². The molecule has 2 aromatic carbocycles. The molecular weight excluding hydrogens is 352 g/mol. The topological polar surface area (TPSA) is 71.3 Å². The first-order valence-electron chi connectivity index (χ1n) is 10.1. The molecule has 1 aliphatic carbocycles. The van der Waals surface area contributed by atoms with Gasteiger partial charge in [0.2, 0.25) is 0 Å².